The van der Waals surface area contributed by atoms with Crippen molar-refractivity contribution in [3.05, 3.63) is 65.7 Å². The van der Waals surface area contributed by atoms with Crippen molar-refractivity contribution in [3.63, 3.8) is 0 Å². The Hall–Kier alpha value is -2.33. The van der Waals surface area contributed by atoms with Crippen molar-refractivity contribution >= 4 is 5.97 Å². The molecular weight excluding hydrogens is 482 g/mol. The highest BCUT2D eigenvalue weighted by atomic mass is 16.5. The lowest BCUT2D eigenvalue weighted by Crippen LogP contribution is -2.51. The quantitative estimate of drug-likeness (QED) is 0.0853. The van der Waals surface area contributed by atoms with E-state index in [-0.39, 0.29) is 12.0 Å². The average molecular weight is 539 g/mol. The van der Waals surface area contributed by atoms with Crippen LogP contribution < -0.4 is 4.74 Å². The first kappa shape index (κ1) is 32.9. The van der Waals surface area contributed by atoms with E-state index in [1.54, 1.807) is 0 Å². The van der Waals surface area contributed by atoms with Gasteiger partial charge in [0.25, 0.3) is 0 Å². The highest BCUT2D eigenvalue weighted by Crippen LogP contribution is 2.22. The first-order valence-corrected chi connectivity index (χ1v) is 15.7. The van der Waals surface area contributed by atoms with E-state index in [4.69, 9.17) is 9.47 Å². The molecule has 0 aliphatic heterocycles. The molecule has 2 aromatic rings. The van der Waals surface area contributed by atoms with Crippen LogP contribution in [0.1, 0.15) is 108 Å². The number of esters is 1. The second-order valence-corrected chi connectivity index (χ2v) is 11.7. The number of carbonyl (C=O) groups excluding carboxylic acids is 1. The van der Waals surface area contributed by atoms with Gasteiger partial charge in [-0.1, -0.05) is 120 Å². The summed E-state index contributed by atoms with van der Waals surface area (Å²) in [7, 11) is 4.17. The van der Waals surface area contributed by atoms with E-state index in [1.165, 1.54) is 81.8 Å². The maximum absolute atomic E-state index is 12.7. The number of hydrogen-bond donors (Lipinski definition) is 0. The summed E-state index contributed by atoms with van der Waals surface area (Å²) < 4.78 is 12.3. The van der Waals surface area contributed by atoms with E-state index in [9.17, 15) is 4.79 Å². The number of unbranched alkanes of at least 4 members (excludes halogenated alkanes) is 11. The Bertz CT molecular complexity index is 896. The van der Waals surface area contributed by atoms with Crippen molar-refractivity contribution in [2.45, 2.75) is 116 Å². The number of benzene rings is 2. The minimum atomic E-state index is -0.219. The van der Waals surface area contributed by atoms with Crippen LogP contribution in [0.5, 0.6) is 5.75 Å². The van der Waals surface area contributed by atoms with Crippen LogP contribution in [0.25, 0.3) is 0 Å². The zero-order chi connectivity index (χ0) is 28.2. The number of rotatable bonds is 22. The Balaban J connectivity index is 1.56. The van der Waals surface area contributed by atoms with Gasteiger partial charge in [-0.3, -0.25) is 0 Å². The van der Waals surface area contributed by atoms with E-state index in [2.05, 4.69) is 57.4 Å². The molecule has 4 nitrogen and oxygen atoms in total. The van der Waals surface area contributed by atoms with Gasteiger partial charge in [0, 0.05) is 5.56 Å². The Morgan fingerprint density at radius 1 is 0.718 bits per heavy atom. The molecule has 0 bridgehead atoms. The number of ether oxygens (including phenoxy) is 2. The van der Waals surface area contributed by atoms with Gasteiger partial charge in [0.2, 0.25) is 0 Å². The lowest BCUT2D eigenvalue weighted by molar-refractivity contribution is -0.917. The smallest absolute Gasteiger partial charge is 0.364 e. The summed E-state index contributed by atoms with van der Waals surface area (Å²) in [6.07, 6.45) is 17.8. The minimum absolute atomic E-state index is 0.130. The zero-order valence-electron chi connectivity index (χ0n) is 25.5. The average Bonchev–Trinajstić information content (AvgIpc) is 2.94. The fourth-order valence-corrected chi connectivity index (χ4v) is 4.99. The molecule has 4 heteroatoms. The van der Waals surface area contributed by atoms with E-state index >= 15 is 0 Å². The van der Waals surface area contributed by atoms with Crippen LogP contribution in [0.4, 0.5) is 0 Å². The number of nitrogens with zero attached hydrogens (tertiary/aromatic N) is 1. The molecule has 0 saturated carbocycles. The molecule has 0 saturated heterocycles. The Morgan fingerprint density at radius 3 is 1.95 bits per heavy atom. The van der Waals surface area contributed by atoms with Gasteiger partial charge in [0.1, 0.15) is 12.3 Å². The van der Waals surface area contributed by atoms with Crippen molar-refractivity contribution in [3.8, 4) is 5.75 Å². The summed E-state index contributed by atoms with van der Waals surface area (Å²) >= 11 is 0. The molecule has 0 N–H and O–H groups in total. The van der Waals surface area contributed by atoms with E-state index in [0.717, 1.165) is 31.6 Å². The molecule has 0 amide bonds. The van der Waals surface area contributed by atoms with E-state index < -0.39 is 0 Å². The molecule has 0 fully saturated rings. The molecular formula is C35H56NO3+. The Labute approximate surface area is 239 Å². The molecule has 1 unspecified atom stereocenters. The van der Waals surface area contributed by atoms with Gasteiger partial charge in [0.15, 0.2) is 6.04 Å². The monoisotopic (exact) mass is 538 g/mol. The van der Waals surface area contributed by atoms with Crippen molar-refractivity contribution in [2.24, 2.45) is 0 Å². The highest BCUT2D eigenvalue weighted by Gasteiger charge is 2.32. The number of likely N-dealkylation sites (N-methyl/N-ethyl adjacent to an activating group) is 1. The van der Waals surface area contributed by atoms with Crippen LogP contribution >= 0.6 is 0 Å². The molecule has 0 heterocycles. The van der Waals surface area contributed by atoms with Crippen LogP contribution in [-0.2, 0) is 22.5 Å². The molecule has 1 atom stereocenters. The van der Waals surface area contributed by atoms with Crippen molar-refractivity contribution in [1.82, 2.24) is 0 Å². The molecule has 2 aromatic carbocycles. The lowest BCUT2D eigenvalue weighted by atomic mass is 10.0. The summed E-state index contributed by atoms with van der Waals surface area (Å²) in [5.74, 6) is 0.879. The number of carbonyl (C=O) groups is 1. The summed E-state index contributed by atoms with van der Waals surface area (Å²) in [6.45, 7) is 6.13. The van der Waals surface area contributed by atoms with Crippen molar-refractivity contribution in [1.29, 1.82) is 0 Å². The number of hydrogen-bond acceptors (Lipinski definition) is 3. The maximum atomic E-state index is 12.7. The molecule has 0 aromatic heterocycles. The lowest BCUT2D eigenvalue weighted by Gasteiger charge is -2.34. The van der Waals surface area contributed by atoms with Gasteiger partial charge >= 0.3 is 5.97 Å². The summed E-state index contributed by atoms with van der Waals surface area (Å²) in [5, 5.41) is 0. The van der Waals surface area contributed by atoms with Crippen LogP contribution in [0.15, 0.2) is 54.6 Å². The minimum Gasteiger partial charge on any atom is -0.493 e. The van der Waals surface area contributed by atoms with Gasteiger partial charge in [-0.2, -0.15) is 0 Å². The Morgan fingerprint density at radius 2 is 1.28 bits per heavy atom. The van der Waals surface area contributed by atoms with Gasteiger partial charge < -0.3 is 14.0 Å². The van der Waals surface area contributed by atoms with Gasteiger partial charge in [-0.05, 0) is 44.2 Å². The molecule has 0 spiro atoms. The standard InChI is InChI=1S/C35H56NO3/c1-5-6-7-8-9-10-11-12-13-14-18-25-33-26-19-20-27-34(33)38-28-21-22-29-39-35(37)31(2)36(3,4)30-32-23-16-15-17-24-32/h15-17,19-20,23-24,26-27,31H,5-14,18,21-22,25,28-30H2,1-4H3/q+1. The van der Waals surface area contributed by atoms with Crippen LogP contribution in [0.3, 0.4) is 0 Å². The predicted molar refractivity (Wildman–Crippen MR) is 164 cm³/mol. The number of aryl methyl sites for hydroxylation is 1. The molecule has 0 aliphatic rings. The predicted octanol–water partition coefficient (Wildman–Crippen LogP) is 8.91. The molecule has 0 radical (unpaired) electrons. The third-order valence-electron chi connectivity index (χ3n) is 7.89. The second-order valence-electron chi connectivity index (χ2n) is 11.7. The summed E-state index contributed by atoms with van der Waals surface area (Å²) in [6, 6.07) is 18.5. The fraction of sp³-hybridized carbons (Fsp3) is 0.629. The molecule has 218 valence electrons. The summed E-state index contributed by atoms with van der Waals surface area (Å²) in [4.78, 5) is 12.7. The van der Waals surface area contributed by atoms with Gasteiger partial charge in [-0.25, -0.2) is 4.79 Å². The normalized spacial score (nSPS) is 12.3. The highest BCUT2D eigenvalue weighted by molar-refractivity contribution is 5.74. The first-order valence-electron chi connectivity index (χ1n) is 15.7. The Kier molecular flexibility index (Phi) is 16.6. The topological polar surface area (TPSA) is 35.5 Å². The van der Waals surface area contributed by atoms with Crippen LogP contribution in [-0.4, -0.2) is 43.8 Å². The van der Waals surface area contributed by atoms with Crippen LogP contribution in [0, 0.1) is 0 Å². The number of quaternary nitrogens is 1. The fourth-order valence-electron chi connectivity index (χ4n) is 4.99. The largest absolute Gasteiger partial charge is 0.493 e. The van der Waals surface area contributed by atoms with Crippen molar-refractivity contribution < 1.29 is 18.8 Å². The van der Waals surface area contributed by atoms with E-state index in [1.807, 2.05) is 25.1 Å². The van der Waals surface area contributed by atoms with Gasteiger partial charge in [0.05, 0.1) is 27.3 Å². The number of para-hydroxylation sites is 1. The van der Waals surface area contributed by atoms with Gasteiger partial charge in [-0.15, -0.1) is 0 Å². The maximum Gasteiger partial charge on any atom is 0.364 e. The third-order valence-corrected chi connectivity index (χ3v) is 7.89. The summed E-state index contributed by atoms with van der Waals surface area (Å²) in [5.41, 5.74) is 2.54. The van der Waals surface area contributed by atoms with Crippen molar-refractivity contribution in [2.75, 3.05) is 27.3 Å². The zero-order valence-corrected chi connectivity index (χ0v) is 25.5. The molecule has 2 rings (SSSR count). The SMILES string of the molecule is CCCCCCCCCCCCCc1ccccc1OCCCCOC(=O)C(C)[N+](C)(C)Cc1ccccc1. The van der Waals surface area contributed by atoms with E-state index in [0.29, 0.717) is 17.7 Å². The van der Waals surface area contributed by atoms with Crippen LogP contribution in [0.2, 0.25) is 0 Å². The second kappa shape index (κ2) is 19.7. The molecule has 0 aliphatic carbocycles. The molecule has 39 heavy (non-hydrogen) atoms. The first-order chi connectivity index (χ1) is 18.9. The third kappa shape index (κ3) is 14.0.